The fraction of sp³-hybridized carbons (Fsp3) is 0.188. The Kier molecular flexibility index (Phi) is 3.64. The highest BCUT2D eigenvalue weighted by Crippen LogP contribution is 2.33. The van der Waals surface area contributed by atoms with Crippen molar-refractivity contribution < 1.29 is 14.3 Å². The Balaban J connectivity index is 1.85. The molecule has 0 fully saturated rings. The average Bonchev–Trinajstić information content (AvgIpc) is 2.53. The van der Waals surface area contributed by atoms with E-state index in [0.29, 0.717) is 24.7 Å². The van der Waals surface area contributed by atoms with Crippen LogP contribution in [0.2, 0.25) is 0 Å². The third kappa shape index (κ3) is 2.91. The van der Waals surface area contributed by atoms with Crippen molar-refractivity contribution in [2.24, 2.45) is 5.73 Å². The lowest BCUT2D eigenvalue weighted by Gasteiger charge is -2.21. The Morgan fingerprint density at radius 2 is 1.76 bits per heavy atom. The first-order valence-corrected chi connectivity index (χ1v) is 6.74. The number of carbonyl (C=O) groups is 1. The van der Waals surface area contributed by atoms with Crippen LogP contribution in [0, 0.1) is 0 Å². The number of anilines is 1. The maximum absolute atomic E-state index is 11.7. The van der Waals surface area contributed by atoms with E-state index in [1.807, 2.05) is 48.5 Å². The molecule has 1 aliphatic heterocycles. The number of fused-ring (bicyclic) bond motifs is 1. The molecule has 5 nitrogen and oxygen atoms in total. The van der Waals surface area contributed by atoms with Gasteiger partial charge in [-0.3, -0.25) is 4.79 Å². The summed E-state index contributed by atoms with van der Waals surface area (Å²) in [6, 6.07) is 14.2. The average molecular weight is 284 g/mol. The molecule has 1 atom stereocenters. The number of ether oxygens (including phenoxy) is 2. The minimum Gasteiger partial charge on any atom is -0.486 e. The molecule has 3 N–H and O–H groups in total. The van der Waals surface area contributed by atoms with Crippen LogP contribution in [0.5, 0.6) is 11.5 Å². The number of rotatable bonds is 4. The largest absolute Gasteiger partial charge is 0.486 e. The van der Waals surface area contributed by atoms with Gasteiger partial charge in [0.2, 0.25) is 5.91 Å². The van der Waals surface area contributed by atoms with Crippen molar-refractivity contribution in [3.8, 4) is 11.5 Å². The lowest BCUT2D eigenvalue weighted by atomic mass is 10.1. The molecule has 0 bridgehead atoms. The second kappa shape index (κ2) is 5.75. The predicted molar refractivity (Wildman–Crippen MR) is 79.4 cm³/mol. The number of nitrogens with one attached hydrogen (secondary N) is 1. The van der Waals surface area contributed by atoms with Crippen molar-refractivity contribution in [1.29, 1.82) is 0 Å². The number of primary amides is 1. The van der Waals surface area contributed by atoms with Crippen LogP contribution in [0.1, 0.15) is 11.6 Å². The van der Waals surface area contributed by atoms with Crippen LogP contribution in [0.25, 0.3) is 0 Å². The van der Waals surface area contributed by atoms with E-state index in [9.17, 15) is 4.79 Å². The molecule has 0 saturated carbocycles. The van der Waals surface area contributed by atoms with E-state index in [1.54, 1.807) is 0 Å². The monoisotopic (exact) mass is 284 g/mol. The van der Waals surface area contributed by atoms with Crippen LogP contribution in [0.4, 0.5) is 5.69 Å². The molecule has 0 unspecified atom stereocenters. The fourth-order valence-corrected chi connectivity index (χ4v) is 2.26. The normalized spacial score (nSPS) is 14.3. The van der Waals surface area contributed by atoms with Gasteiger partial charge in [-0.05, 0) is 17.7 Å². The Hall–Kier alpha value is -2.69. The molecule has 1 amide bonds. The number of nitrogens with two attached hydrogens (primary N) is 1. The van der Waals surface area contributed by atoms with Crippen LogP contribution in [0.15, 0.2) is 48.5 Å². The summed E-state index contributed by atoms with van der Waals surface area (Å²) in [7, 11) is 0. The van der Waals surface area contributed by atoms with Gasteiger partial charge in [-0.25, -0.2) is 0 Å². The van der Waals surface area contributed by atoms with Crippen molar-refractivity contribution in [2.75, 3.05) is 18.5 Å². The number of benzene rings is 2. The molecule has 3 rings (SSSR count). The molecule has 0 radical (unpaired) electrons. The molecule has 21 heavy (non-hydrogen) atoms. The van der Waals surface area contributed by atoms with E-state index in [2.05, 4.69) is 5.32 Å². The van der Waals surface area contributed by atoms with Gasteiger partial charge >= 0.3 is 0 Å². The number of hydrogen-bond acceptors (Lipinski definition) is 4. The molecule has 0 spiro atoms. The van der Waals surface area contributed by atoms with Crippen LogP contribution in [-0.4, -0.2) is 19.1 Å². The summed E-state index contributed by atoms with van der Waals surface area (Å²) in [4.78, 5) is 11.7. The van der Waals surface area contributed by atoms with Gasteiger partial charge in [0.05, 0.1) is 0 Å². The quantitative estimate of drug-likeness (QED) is 0.901. The summed E-state index contributed by atoms with van der Waals surface area (Å²) >= 11 is 0. The highest BCUT2D eigenvalue weighted by molar-refractivity contribution is 5.84. The maximum atomic E-state index is 11.7. The molecule has 0 aromatic heterocycles. The summed E-state index contributed by atoms with van der Waals surface area (Å²) in [6.45, 7) is 1.07. The van der Waals surface area contributed by atoms with Gasteiger partial charge in [0.25, 0.3) is 0 Å². The first-order chi connectivity index (χ1) is 10.2. The van der Waals surface area contributed by atoms with Gasteiger partial charge in [0, 0.05) is 11.8 Å². The van der Waals surface area contributed by atoms with Gasteiger partial charge in [-0.1, -0.05) is 30.3 Å². The molecule has 1 aliphatic rings. The van der Waals surface area contributed by atoms with Crippen molar-refractivity contribution in [2.45, 2.75) is 6.04 Å². The van der Waals surface area contributed by atoms with E-state index in [-0.39, 0.29) is 0 Å². The summed E-state index contributed by atoms with van der Waals surface area (Å²) in [5.41, 5.74) is 7.07. The molecule has 108 valence electrons. The van der Waals surface area contributed by atoms with Gasteiger partial charge < -0.3 is 20.5 Å². The molecular formula is C16H16N2O3. The molecule has 1 heterocycles. The van der Waals surface area contributed by atoms with E-state index >= 15 is 0 Å². The van der Waals surface area contributed by atoms with Crippen molar-refractivity contribution in [1.82, 2.24) is 0 Å². The number of hydrogen-bond donors (Lipinski definition) is 2. The Labute approximate surface area is 122 Å². The highest BCUT2D eigenvalue weighted by atomic mass is 16.6. The first-order valence-electron chi connectivity index (χ1n) is 6.74. The molecular weight excluding hydrogens is 268 g/mol. The number of amides is 1. The molecule has 2 aromatic rings. The van der Waals surface area contributed by atoms with E-state index in [4.69, 9.17) is 15.2 Å². The van der Waals surface area contributed by atoms with Gasteiger partial charge in [-0.2, -0.15) is 0 Å². The smallest absolute Gasteiger partial charge is 0.244 e. The van der Waals surface area contributed by atoms with E-state index in [1.165, 1.54) is 0 Å². The SMILES string of the molecule is NC(=O)[C@H](Nc1ccc2c(c1)OCCO2)c1ccccc1. The zero-order valence-corrected chi connectivity index (χ0v) is 11.4. The second-order valence-corrected chi connectivity index (χ2v) is 4.75. The molecule has 2 aromatic carbocycles. The minimum absolute atomic E-state index is 0.434. The predicted octanol–water partition coefficient (Wildman–Crippen LogP) is 2.10. The fourth-order valence-electron chi connectivity index (χ4n) is 2.26. The van der Waals surface area contributed by atoms with Crippen LogP contribution >= 0.6 is 0 Å². The summed E-state index contributed by atoms with van der Waals surface area (Å²) in [6.07, 6.45) is 0. The van der Waals surface area contributed by atoms with Crippen molar-refractivity contribution in [3.63, 3.8) is 0 Å². The van der Waals surface area contributed by atoms with Crippen LogP contribution in [0.3, 0.4) is 0 Å². The second-order valence-electron chi connectivity index (χ2n) is 4.75. The summed E-state index contributed by atoms with van der Waals surface area (Å²) in [5, 5.41) is 3.13. The van der Waals surface area contributed by atoms with Gasteiger partial charge in [-0.15, -0.1) is 0 Å². The van der Waals surface area contributed by atoms with Crippen molar-refractivity contribution >= 4 is 11.6 Å². The first kappa shape index (κ1) is 13.3. The number of carbonyl (C=O) groups excluding carboxylic acids is 1. The van der Waals surface area contributed by atoms with Crippen LogP contribution < -0.4 is 20.5 Å². The lowest BCUT2D eigenvalue weighted by molar-refractivity contribution is -0.118. The molecule has 0 aliphatic carbocycles. The third-order valence-electron chi connectivity index (χ3n) is 3.27. The van der Waals surface area contributed by atoms with E-state index < -0.39 is 11.9 Å². The van der Waals surface area contributed by atoms with Gasteiger partial charge in [0.1, 0.15) is 19.3 Å². The zero-order chi connectivity index (χ0) is 14.7. The minimum atomic E-state index is -0.589. The summed E-state index contributed by atoms with van der Waals surface area (Å²) < 4.78 is 11.0. The van der Waals surface area contributed by atoms with Crippen molar-refractivity contribution in [3.05, 3.63) is 54.1 Å². The standard InChI is InChI=1S/C16H16N2O3/c17-16(19)15(11-4-2-1-3-5-11)18-12-6-7-13-14(10-12)21-9-8-20-13/h1-7,10,15,18H,8-9H2,(H2,17,19)/t15-/m1/s1. The van der Waals surface area contributed by atoms with E-state index in [0.717, 1.165) is 11.3 Å². The molecule has 5 heteroatoms. The Morgan fingerprint density at radius 1 is 1.05 bits per heavy atom. The Bertz CT molecular complexity index is 643. The third-order valence-corrected chi connectivity index (χ3v) is 3.27. The molecule has 0 saturated heterocycles. The van der Waals surface area contributed by atoms with Gasteiger partial charge in [0.15, 0.2) is 11.5 Å². The highest BCUT2D eigenvalue weighted by Gasteiger charge is 2.19. The zero-order valence-electron chi connectivity index (χ0n) is 11.4. The maximum Gasteiger partial charge on any atom is 0.244 e. The summed E-state index contributed by atoms with van der Waals surface area (Å²) in [5.74, 6) is 0.945. The van der Waals surface area contributed by atoms with Crippen LogP contribution in [-0.2, 0) is 4.79 Å². The Morgan fingerprint density at radius 3 is 2.48 bits per heavy atom. The topological polar surface area (TPSA) is 73.6 Å². The lowest BCUT2D eigenvalue weighted by Crippen LogP contribution is -2.27.